The number of benzene rings is 2. The minimum Gasteiger partial charge on any atom is -0.497 e. The largest absolute Gasteiger partial charge is 0.497 e. The Kier molecular flexibility index (Phi) is 7.24. The van der Waals surface area contributed by atoms with E-state index in [0.29, 0.717) is 35.5 Å². The molecule has 1 aliphatic heterocycles. The Morgan fingerprint density at radius 1 is 1.06 bits per heavy atom. The normalized spacial score (nSPS) is 15.7. The van der Waals surface area contributed by atoms with Crippen molar-refractivity contribution < 1.29 is 23.5 Å². The first-order valence-corrected chi connectivity index (χ1v) is 11.5. The number of methoxy groups -OCH3 is 3. The van der Waals surface area contributed by atoms with Crippen molar-refractivity contribution in [3.63, 3.8) is 0 Å². The van der Waals surface area contributed by atoms with Crippen LogP contribution in [0.5, 0.6) is 17.2 Å². The molecule has 35 heavy (non-hydrogen) atoms. The highest BCUT2D eigenvalue weighted by atomic mass is 16.5. The maximum Gasteiger partial charge on any atom is 0.322 e. The zero-order valence-corrected chi connectivity index (χ0v) is 20.6. The Labute approximate surface area is 204 Å². The van der Waals surface area contributed by atoms with Crippen molar-refractivity contribution in [2.24, 2.45) is 0 Å². The van der Waals surface area contributed by atoms with Crippen molar-refractivity contribution in [1.29, 1.82) is 0 Å². The van der Waals surface area contributed by atoms with E-state index in [2.05, 4.69) is 17.4 Å². The van der Waals surface area contributed by atoms with Crippen molar-refractivity contribution in [1.82, 2.24) is 20.4 Å². The molecule has 0 bridgehead atoms. The molecule has 0 radical (unpaired) electrons. The number of urea groups is 1. The van der Waals surface area contributed by atoms with E-state index in [1.54, 1.807) is 26.2 Å². The van der Waals surface area contributed by atoms with Crippen LogP contribution in [0.1, 0.15) is 44.2 Å². The van der Waals surface area contributed by atoms with Crippen LogP contribution in [-0.2, 0) is 0 Å². The predicted molar refractivity (Wildman–Crippen MR) is 131 cm³/mol. The number of nitrogens with one attached hydrogen (secondary N) is 1. The van der Waals surface area contributed by atoms with Gasteiger partial charge in [0.1, 0.15) is 5.75 Å². The molecule has 0 fully saturated rings. The van der Waals surface area contributed by atoms with Crippen molar-refractivity contribution in [2.45, 2.75) is 32.7 Å². The van der Waals surface area contributed by atoms with Crippen LogP contribution in [0.3, 0.4) is 0 Å². The number of hydrogen-bond acceptors (Lipinski definition) is 7. The quantitative estimate of drug-likeness (QED) is 0.459. The van der Waals surface area contributed by atoms with Crippen LogP contribution in [0.15, 0.2) is 52.7 Å². The lowest BCUT2D eigenvalue weighted by molar-refractivity contribution is 0.204. The maximum absolute atomic E-state index is 13.1. The van der Waals surface area contributed by atoms with Crippen LogP contribution in [0.25, 0.3) is 17.0 Å². The monoisotopic (exact) mass is 478 g/mol. The van der Waals surface area contributed by atoms with E-state index in [4.69, 9.17) is 23.7 Å². The Hall–Kier alpha value is -4.01. The van der Waals surface area contributed by atoms with Gasteiger partial charge in [0.15, 0.2) is 11.5 Å². The van der Waals surface area contributed by atoms with E-state index in [0.717, 1.165) is 35.2 Å². The van der Waals surface area contributed by atoms with E-state index >= 15 is 0 Å². The fraction of sp³-hybridized carbons (Fsp3) is 0.346. The molecule has 0 saturated heterocycles. The van der Waals surface area contributed by atoms with Gasteiger partial charge in [-0.05, 0) is 43.2 Å². The summed E-state index contributed by atoms with van der Waals surface area (Å²) in [6.45, 7) is 4.59. The van der Waals surface area contributed by atoms with Gasteiger partial charge in [0.2, 0.25) is 5.82 Å². The molecule has 1 atom stereocenters. The molecule has 2 heterocycles. The van der Waals surface area contributed by atoms with E-state index in [-0.39, 0.29) is 6.03 Å². The highest BCUT2D eigenvalue weighted by molar-refractivity contribution is 5.87. The first-order valence-electron chi connectivity index (χ1n) is 11.5. The smallest absolute Gasteiger partial charge is 0.322 e. The zero-order chi connectivity index (χ0) is 24.9. The number of hydrogen-bond donors (Lipinski definition) is 1. The maximum atomic E-state index is 13.1. The fourth-order valence-electron chi connectivity index (χ4n) is 4.14. The third kappa shape index (κ3) is 4.80. The van der Waals surface area contributed by atoms with Gasteiger partial charge in [-0.25, -0.2) is 4.79 Å². The van der Waals surface area contributed by atoms with E-state index in [1.165, 1.54) is 0 Å². The molecule has 184 valence electrons. The van der Waals surface area contributed by atoms with Crippen molar-refractivity contribution in [3.8, 4) is 28.6 Å². The number of allylic oxidation sites excluding steroid dienone is 1. The Bertz CT molecular complexity index is 1240. The van der Waals surface area contributed by atoms with Gasteiger partial charge in [-0.3, -0.25) is 4.90 Å². The summed E-state index contributed by atoms with van der Waals surface area (Å²) in [6.07, 6.45) is 1.84. The number of amides is 2. The van der Waals surface area contributed by atoms with E-state index in [1.807, 2.05) is 49.4 Å². The van der Waals surface area contributed by atoms with Gasteiger partial charge in [0, 0.05) is 17.8 Å². The van der Waals surface area contributed by atoms with E-state index < -0.39 is 6.04 Å². The van der Waals surface area contributed by atoms with Crippen molar-refractivity contribution in [3.05, 3.63) is 59.6 Å². The number of aromatic nitrogens is 2. The van der Waals surface area contributed by atoms with Gasteiger partial charge in [-0.15, -0.1) is 0 Å². The number of carbonyl (C=O) groups is 1. The Morgan fingerprint density at radius 3 is 2.57 bits per heavy atom. The third-order valence-corrected chi connectivity index (χ3v) is 6.06. The summed E-state index contributed by atoms with van der Waals surface area (Å²) in [7, 11) is 4.77. The zero-order valence-electron chi connectivity index (χ0n) is 20.6. The van der Waals surface area contributed by atoms with Crippen molar-refractivity contribution in [2.75, 3.05) is 27.9 Å². The summed E-state index contributed by atoms with van der Waals surface area (Å²) >= 11 is 0. The summed E-state index contributed by atoms with van der Waals surface area (Å²) in [5, 5.41) is 7.33. The molecule has 1 N–H and O–H groups in total. The third-order valence-electron chi connectivity index (χ3n) is 6.06. The highest BCUT2D eigenvalue weighted by Crippen LogP contribution is 2.40. The van der Waals surface area contributed by atoms with Gasteiger partial charge in [-0.1, -0.05) is 36.7 Å². The predicted octanol–water partition coefficient (Wildman–Crippen LogP) is 5.06. The number of carbonyl (C=O) groups excluding carboxylic acids is 1. The standard InChI is InChI=1S/C26H30N4O5/c1-6-7-13-30-16(2)22(25-28-24(29-35-25)18-9-8-10-19(14-18)32-3)23(27-26(30)31)17-11-12-20(33-4)21(15-17)34-5/h8-12,14-15,23H,6-7,13H2,1-5H3,(H,27,31). The lowest BCUT2D eigenvalue weighted by Crippen LogP contribution is -2.46. The molecule has 1 unspecified atom stereocenters. The van der Waals surface area contributed by atoms with Crippen LogP contribution in [-0.4, -0.2) is 48.9 Å². The minimum absolute atomic E-state index is 0.174. The molecule has 4 rings (SSSR count). The molecule has 1 aliphatic rings. The number of ether oxygens (including phenoxy) is 3. The van der Waals surface area contributed by atoms with Gasteiger partial charge in [-0.2, -0.15) is 4.98 Å². The molecule has 1 aromatic heterocycles. The minimum atomic E-state index is -0.515. The highest BCUT2D eigenvalue weighted by Gasteiger charge is 2.36. The van der Waals surface area contributed by atoms with Gasteiger partial charge in [0.05, 0.1) is 32.9 Å². The molecule has 9 nitrogen and oxygen atoms in total. The number of rotatable bonds is 9. The SMILES string of the molecule is CCCCN1C(=O)NC(c2ccc(OC)c(OC)c2)C(c2nc(-c3cccc(OC)c3)no2)=C1C. The second-order valence-corrected chi connectivity index (χ2v) is 8.16. The molecular formula is C26H30N4O5. The fourth-order valence-corrected chi connectivity index (χ4v) is 4.14. The van der Waals surface area contributed by atoms with Crippen LogP contribution in [0.4, 0.5) is 4.79 Å². The molecule has 2 aromatic carbocycles. The molecule has 0 saturated carbocycles. The first kappa shape index (κ1) is 24.1. The Balaban J connectivity index is 1.81. The molecule has 0 aliphatic carbocycles. The van der Waals surface area contributed by atoms with Crippen LogP contribution >= 0.6 is 0 Å². The summed E-state index contributed by atoms with van der Waals surface area (Å²) in [5.41, 5.74) is 3.07. The van der Waals surface area contributed by atoms with Gasteiger partial charge >= 0.3 is 6.03 Å². The second-order valence-electron chi connectivity index (χ2n) is 8.16. The van der Waals surface area contributed by atoms with E-state index in [9.17, 15) is 4.79 Å². The Morgan fingerprint density at radius 2 is 1.86 bits per heavy atom. The average Bonchev–Trinajstić information content (AvgIpc) is 3.37. The molecule has 2 amide bonds. The second kappa shape index (κ2) is 10.5. The first-order chi connectivity index (χ1) is 17.0. The summed E-state index contributed by atoms with van der Waals surface area (Å²) < 4.78 is 21.9. The summed E-state index contributed by atoms with van der Waals surface area (Å²) in [5.74, 6) is 2.63. The van der Waals surface area contributed by atoms with Gasteiger partial charge < -0.3 is 24.1 Å². The van der Waals surface area contributed by atoms with Crippen LogP contribution < -0.4 is 19.5 Å². The molecule has 9 heteroatoms. The lowest BCUT2D eigenvalue weighted by Gasteiger charge is -2.35. The van der Waals surface area contributed by atoms with Crippen molar-refractivity contribution >= 4 is 11.6 Å². The topological polar surface area (TPSA) is 99.0 Å². The van der Waals surface area contributed by atoms with Gasteiger partial charge in [0.25, 0.3) is 5.89 Å². The number of nitrogens with zero attached hydrogens (tertiary/aromatic N) is 3. The number of unbranched alkanes of at least 4 members (excludes halogenated alkanes) is 1. The lowest BCUT2D eigenvalue weighted by atomic mass is 9.94. The molecular weight excluding hydrogens is 448 g/mol. The molecule has 3 aromatic rings. The summed E-state index contributed by atoms with van der Waals surface area (Å²) in [4.78, 5) is 19.5. The van der Waals surface area contributed by atoms with Crippen LogP contribution in [0.2, 0.25) is 0 Å². The average molecular weight is 479 g/mol. The van der Waals surface area contributed by atoms with Crippen LogP contribution in [0, 0.1) is 0 Å². The summed E-state index contributed by atoms with van der Waals surface area (Å²) in [6, 6.07) is 12.3. The molecule has 0 spiro atoms.